The third kappa shape index (κ3) is 3.60. The van der Waals surface area contributed by atoms with Crippen LogP contribution >= 0.6 is 34.0 Å². The van der Waals surface area contributed by atoms with E-state index >= 15 is 0 Å². The number of thiazole rings is 1. The molecule has 0 amide bonds. The Morgan fingerprint density at radius 2 is 1.90 bits per heavy atom. The lowest BCUT2D eigenvalue weighted by molar-refractivity contribution is -0.137. The van der Waals surface area contributed by atoms with Gasteiger partial charge in [0.15, 0.2) is 4.96 Å². The number of aromatic nitrogens is 2. The number of hydrogen-bond acceptors (Lipinski definition) is 7. The van der Waals surface area contributed by atoms with Crippen LogP contribution < -0.4 is 5.56 Å². The van der Waals surface area contributed by atoms with Gasteiger partial charge in [0.25, 0.3) is 5.56 Å². The molecule has 0 fully saturated rings. The summed E-state index contributed by atoms with van der Waals surface area (Å²) in [6.07, 6.45) is 1.83. The van der Waals surface area contributed by atoms with Crippen molar-refractivity contribution in [2.24, 2.45) is 0 Å². The minimum atomic E-state index is -0.441. The fourth-order valence-electron chi connectivity index (χ4n) is 3.09. The molecule has 5 nitrogen and oxygen atoms in total. The van der Waals surface area contributed by atoms with Crippen LogP contribution in [0.25, 0.3) is 26.8 Å². The molecule has 5 aromatic rings. The second-order valence-electron chi connectivity index (χ2n) is 6.40. The van der Waals surface area contributed by atoms with Crippen LogP contribution in [0.4, 0.5) is 0 Å². The Morgan fingerprint density at radius 3 is 2.70 bits per heavy atom. The van der Waals surface area contributed by atoms with E-state index in [2.05, 4.69) is 4.98 Å². The molecule has 0 saturated carbocycles. The lowest BCUT2D eigenvalue weighted by Crippen LogP contribution is -2.15. The fourth-order valence-corrected chi connectivity index (χ4v) is 5.53. The van der Waals surface area contributed by atoms with E-state index in [1.807, 2.05) is 65.4 Å². The predicted molar refractivity (Wildman–Crippen MR) is 123 cm³/mol. The van der Waals surface area contributed by atoms with Crippen molar-refractivity contribution in [1.82, 2.24) is 9.38 Å². The smallest absolute Gasteiger partial charge is 0.340 e. The number of rotatable bonds is 5. The number of esters is 1. The van der Waals surface area contributed by atoms with E-state index in [4.69, 9.17) is 4.74 Å². The van der Waals surface area contributed by atoms with E-state index in [-0.39, 0.29) is 12.2 Å². The molecule has 4 heterocycles. The molecule has 0 atom stereocenters. The molecular weight excluding hydrogens is 436 g/mol. The van der Waals surface area contributed by atoms with Crippen molar-refractivity contribution in [3.8, 4) is 0 Å². The van der Waals surface area contributed by atoms with Crippen LogP contribution in [0.15, 0.2) is 70.2 Å². The van der Waals surface area contributed by atoms with Crippen LogP contribution in [0.5, 0.6) is 0 Å². The molecule has 0 radical (unpaired) electrons. The number of carbonyl (C=O) groups excluding carboxylic acids is 1. The Morgan fingerprint density at radius 1 is 1.07 bits per heavy atom. The summed E-state index contributed by atoms with van der Waals surface area (Å²) < 4.78 is 8.10. The maximum atomic E-state index is 12.8. The lowest BCUT2D eigenvalue weighted by Gasteiger charge is -2.07. The second-order valence-corrected chi connectivity index (χ2v) is 9.34. The van der Waals surface area contributed by atoms with Crippen LogP contribution in [0.3, 0.4) is 0 Å². The molecule has 148 valence electrons. The topological polar surface area (TPSA) is 60.7 Å². The van der Waals surface area contributed by atoms with Gasteiger partial charge in [-0.2, -0.15) is 0 Å². The third-order valence-corrected chi connectivity index (χ3v) is 7.18. The van der Waals surface area contributed by atoms with Gasteiger partial charge < -0.3 is 4.74 Å². The Balaban J connectivity index is 1.43. The van der Waals surface area contributed by atoms with Crippen molar-refractivity contribution in [2.45, 2.75) is 6.61 Å². The summed E-state index contributed by atoms with van der Waals surface area (Å²) in [4.78, 5) is 32.4. The van der Waals surface area contributed by atoms with Gasteiger partial charge in [0.1, 0.15) is 6.61 Å². The van der Waals surface area contributed by atoms with Crippen molar-refractivity contribution in [1.29, 1.82) is 0 Å². The molecule has 0 bridgehead atoms. The van der Waals surface area contributed by atoms with Crippen LogP contribution in [0, 0.1) is 0 Å². The van der Waals surface area contributed by atoms with Crippen molar-refractivity contribution >= 4 is 66.8 Å². The van der Waals surface area contributed by atoms with Crippen molar-refractivity contribution in [3.05, 3.63) is 91.2 Å². The number of fused-ring (bicyclic) bond motifs is 3. The van der Waals surface area contributed by atoms with Crippen molar-refractivity contribution in [2.75, 3.05) is 0 Å². The highest BCUT2D eigenvalue weighted by atomic mass is 32.1. The number of carbonyl (C=O) groups is 1. The van der Waals surface area contributed by atoms with Crippen LogP contribution in [-0.4, -0.2) is 15.4 Å². The van der Waals surface area contributed by atoms with Gasteiger partial charge in [0, 0.05) is 15.8 Å². The normalized spacial score (nSPS) is 11.9. The quantitative estimate of drug-likeness (QED) is 0.269. The molecule has 8 heteroatoms. The molecule has 0 spiro atoms. The fraction of sp³-hybridized carbons (Fsp3) is 0.0455. The first-order chi connectivity index (χ1) is 14.7. The number of benzene rings is 1. The summed E-state index contributed by atoms with van der Waals surface area (Å²) in [7, 11) is 0. The number of thiophene rings is 2. The van der Waals surface area contributed by atoms with E-state index in [1.165, 1.54) is 28.7 Å². The second kappa shape index (κ2) is 7.98. The molecule has 1 aromatic carbocycles. The first-order valence-corrected chi connectivity index (χ1v) is 11.6. The van der Waals surface area contributed by atoms with Crippen LogP contribution in [0.2, 0.25) is 0 Å². The maximum Gasteiger partial charge on any atom is 0.340 e. The minimum Gasteiger partial charge on any atom is -0.456 e. The molecule has 0 N–H and O–H groups in total. The SMILES string of the molecule is O=C(OCc1cc(=O)n2c(n1)sc1ccccc12)C(=Cc1cccs1)c1cccs1. The Labute approximate surface area is 183 Å². The first kappa shape index (κ1) is 18.9. The Bertz CT molecular complexity index is 1430. The number of nitrogens with zero attached hydrogens (tertiary/aromatic N) is 2. The lowest BCUT2D eigenvalue weighted by atomic mass is 10.2. The van der Waals surface area contributed by atoms with Crippen LogP contribution in [-0.2, 0) is 16.1 Å². The molecule has 0 unspecified atom stereocenters. The number of hydrogen-bond donors (Lipinski definition) is 0. The van der Waals surface area contributed by atoms with E-state index in [0.717, 1.165) is 20.0 Å². The molecule has 0 aliphatic rings. The molecule has 0 saturated heterocycles. The van der Waals surface area contributed by atoms with Gasteiger partial charge in [0.2, 0.25) is 0 Å². The van der Waals surface area contributed by atoms with Crippen molar-refractivity contribution in [3.63, 3.8) is 0 Å². The summed E-state index contributed by atoms with van der Waals surface area (Å²) in [6, 6.07) is 16.8. The highest BCUT2D eigenvalue weighted by Crippen LogP contribution is 2.27. The average Bonchev–Trinajstić information content (AvgIpc) is 3.50. The van der Waals surface area contributed by atoms with E-state index in [0.29, 0.717) is 16.2 Å². The van der Waals surface area contributed by atoms with Gasteiger partial charge >= 0.3 is 5.97 Å². The zero-order valence-corrected chi connectivity index (χ0v) is 17.9. The van der Waals surface area contributed by atoms with Gasteiger partial charge in [-0.25, -0.2) is 9.78 Å². The standard InChI is InChI=1S/C22H14N2O3S3/c25-20-11-14(23-22-24(20)17-6-1-2-7-19(17)30-22)13-27-21(26)16(18-8-4-10-29-18)12-15-5-3-9-28-15/h1-12H,13H2. The summed E-state index contributed by atoms with van der Waals surface area (Å²) in [6.45, 7) is -0.0635. The molecule has 5 rings (SSSR count). The first-order valence-electron chi connectivity index (χ1n) is 9.05. The largest absolute Gasteiger partial charge is 0.456 e. The zero-order chi connectivity index (χ0) is 20.5. The third-order valence-electron chi connectivity index (χ3n) is 4.44. The summed E-state index contributed by atoms with van der Waals surface area (Å²) in [5, 5.41) is 3.88. The van der Waals surface area contributed by atoms with Gasteiger partial charge in [-0.15, -0.1) is 22.7 Å². The number of ether oxygens (including phenoxy) is 1. The van der Waals surface area contributed by atoms with Gasteiger partial charge in [-0.05, 0) is 41.1 Å². The van der Waals surface area contributed by atoms with Crippen LogP contribution in [0.1, 0.15) is 15.4 Å². The van der Waals surface area contributed by atoms with Gasteiger partial charge in [0.05, 0.1) is 21.5 Å². The highest BCUT2D eigenvalue weighted by Gasteiger charge is 2.17. The monoisotopic (exact) mass is 450 g/mol. The molecular formula is C22H14N2O3S3. The predicted octanol–water partition coefficient (Wildman–Crippen LogP) is 5.32. The van der Waals surface area contributed by atoms with E-state index in [1.54, 1.807) is 15.7 Å². The molecule has 0 aliphatic heterocycles. The summed E-state index contributed by atoms with van der Waals surface area (Å²) in [5.74, 6) is -0.441. The Hall–Kier alpha value is -3.07. The van der Waals surface area contributed by atoms with E-state index < -0.39 is 5.97 Å². The van der Waals surface area contributed by atoms with Crippen molar-refractivity contribution < 1.29 is 9.53 Å². The summed E-state index contributed by atoms with van der Waals surface area (Å²) in [5.41, 5.74) is 1.57. The Kier molecular flexibility index (Phi) is 5.04. The maximum absolute atomic E-state index is 12.8. The zero-order valence-electron chi connectivity index (χ0n) is 15.5. The molecule has 30 heavy (non-hydrogen) atoms. The summed E-state index contributed by atoms with van der Waals surface area (Å²) >= 11 is 4.46. The van der Waals surface area contributed by atoms with E-state index in [9.17, 15) is 9.59 Å². The number of para-hydroxylation sites is 1. The van der Waals surface area contributed by atoms with Gasteiger partial charge in [-0.1, -0.05) is 35.6 Å². The molecule has 4 aromatic heterocycles. The molecule has 0 aliphatic carbocycles. The highest BCUT2D eigenvalue weighted by molar-refractivity contribution is 7.23. The minimum absolute atomic E-state index is 0.0635. The van der Waals surface area contributed by atoms with Gasteiger partial charge in [-0.3, -0.25) is 9.20 Å². The average molecular weight is 451 g/mol.